The molecule has 0 fully saturated rings. The predicted molar refractivity (Wildman–Crippen MR) is 121 cm³/mol. The molecule has 2 aromatic carbocycles. The molecule has 0 amide bonds. The van der Waals surface area contributed by atoms with Crippen molar-refractivity contribution in [1.82, 2.24) is 4.98 Å². The SMILES string of the molecule is COC(=O)c1ccccc1-c1ccncc1Cc1c(C)c(OC)c(OC)c(OC)c1OC. The van der Waals surface area contributed by atoms with Gasteiger partial charge < -0.3 is 23.7 Å². The van der Waals surface area contributed by atoms with Crippen molar-refractivity contribution >= 4 is 5.97 Å². The molecular weight excluding hydrogens is 410 g/mol. The Morgan fingerprint density at radius 2 is 1.44 bits per heavy atom. The molecule has 0 aliphatic heterocycles. The van der Waals surface area contributed by atoms with Crippen LogP contribution in [0.1, 0.15) is 27.0 Å². The van der Waals surface area contributed by atoms with Gasteiger partial charge >= 0.3 is 5.97 Å². The molecule has 7 nitrogen and oxygen atoms in total. The van der Waals surface area contributed by atoms with Crippen LogP contribution in [0.15, 0.2) is 42.7 Å². The molecule has 3 rings (SSSR count). The van der Waals surface area contributed by atoms with Crippen LogP contribution in [-0.4, -0.2) is 46.5 Å². The van der Waals surface area contributed by atoms with Crippen molar-refractivity contribution in [3.63, 3.8) is 0 Å². The molecule has 7 heteroatoms. The molecule has 0 spiro atoms. The lowest BCUT2D eigenvalue weighted by Crippen LogP contribution is -2.07. The fourth-order valence-corrected chi connectivity index (χ4v) is 3.89. The minimum Gasteiger partial charge on any atom is -0.492 e. The van der Waals surface area contributed by atoms with Gasteiger partial charge in [-0.2, -0.15) is 0 Å². The Bertz CT molecular complexity index is 1130. The van der Waals surface area contributed by atoms with E-state index in [9.17, 15) is 4.79 Å². The van der Waals surface area contributed by atoms with Crippen LogP contribution in [0, 0.1) is 6.92 Å². The standard InChI is InChI=1S/C25H27NO6/c1-15-20(22(29-3)24(31-5)23(30-4)21(15)28-2)13-16-14-26-12-11-17(16)18-9-7-8-10-19(18)25(27)32-6/h7-12,14H,13H2,1-6H3. The summed E-state index contributed by atoms with van der Waals surface area (Å²) in [5, 5.41) is 0. The van der Waals surface area contributed by atoms with E-state index in [4.69, 9.17) is 23.7 Å². The zero-order valence-electron chi connectivity index (χ0n) is 19.1. The smallest absolute Gasteiger partial charge is 0.338 e. The minimum atomic E-state index is -0.398. The van der Waals surface area contributed by atoms with E-state index in [2.05, 4.69) is 4.98 Å². The number of ether oxygens (including phenoxy) is 5. The van der Waals surface area contributed by atoms with E-state index >= 15 is 0 Å². The zero-order chi connectivity index (χ0) is 23.3. The lowest BCUT2D eigenvalue weighted by Gasteiger charge is -2.22. The van der Waals surface area contributed by atoms with Gasteiger partial charge in [0.05, 0.1) is 41.1 Å². The third-order valence-electron chi connectivity index (χ3n) is 5.40. The Morgan fingerprint density at radius 3 is 2.06 bits per heavy atom. The molecule has 0 saturated carbocycles. The highest BCUT2D eigenvalue weighted by molar-refractivity contribution is 5.97. The van der Waals surface area contributed by atoms with Gasteiger partial charge in [-0.05, 0) is 35.7 Å². The zero-order valence-corrected chi connectivity index (χ0v) is 19.1. The lowest BCUT2D eigenvalue weighted by atomic mass is 9.91. The normalized spacial score (nSPS) is 10.4. The van der Waals surface area contributed by atoms with Crippen molar-refractivity contribution in [1.29, 1.82) is 0 Å². The molecule has 0 aliphatic rings. The quantitative estimate of drug-likeness (QED) is 0.481. The average Bonchev–Trinajstić information content (AvgIpc) is 2.84. The van der Waals surface area contributed by atoms with E-state index < -0.39 is 5.97 Å². The highest BCUT2D eigenvalue weighted by Gasteiger charge is 2.26. The molecule has 1 heterocycles. The van der Waals surface area contributed by atoms with E-state index in [1.54, 1.807) is 46.9 Å². The van der Waals surface area contributed by atoms with Gasteiger partial charge in [0.25, 0.3) is 0 Å². The third-order valence-corrected chi connectivity index (χ3v) is 5.40. The maximum atomic E-state index is 12.4. The molecule has 168 valence electrons. The first-order valence-electron chi connectivity index (χ1n) is 9.98. The summed E-state index contributed by atoms with van der Waals surface area (Å²) in [6, 6.07) is 9.22. The number of methoxy groups -OCH3 is 5. The van der Waals surface area contributed by atoms with Crippen LogP contribution in [0.5, 0.6) is 23.0 Å². The lowest BCUT2D eigenvalue weighted by molar-refractivity contribution is 0.0601. The Kier molecular flexibility index (Phi) is 7.20. The van der Waals surface area contributed by atoms with E-state index in [0.29, 0.717) is 35.0 Å². The maximum absolute atomic E-state index is 12.4. The highest BCUT2D eigenvalue weighted by Crippen LogP contribution is 2.50. The van der Waals surface area contributed by atoms with Gasteiger partial charge in [0.2, 0.25) is 11.5 Å². The molecule has 0 aliphatic carbocycles. The van der Waals surface area contributed by atoms with Crippen LogP contribution in [0.2, 0.25) is 0 Å². The molecule has 0 atom stereocenters. The maximum Gasteiger partial charge on any atom is 0.338 e. The first-order valence-corrected chi connectivity index (χ1v) is 9.98. The molecule has 32 heavy (non-hydrogen) atoms. The third kappa shape index (κ3) is 4.06. The second kappa shape index (κ2) is 10.0. The molecule has 0 unspecified atom stereocenters. The molecule has 1 aromatic heterocycles. The van der Waals surface area contributed by atoms with Crippen LogP contribution in [0.4, 0.5) is 0 Å². The Labute approximate surface area is 187 Å². The van der Waals surface area contributed by atoms with E-state index in [-0.39, 0.29) is 0 Å². The molecule has 0 bridgehead atoms. The van der Waals surface area contributed by atoms with Crippen molar-refractivity contribution in [3.8, 4) is 34.1 Å². The summed E-state index contributed by atoms with van der Waals surface area (Å²) in [6.07, 6.45) is 3.95. The molecule has 0 N–H and O–H groups in total. The van der Waals surface area contributed by atoms with Crippen molar-refractivity contribution in [2.24, 2.45) is 0 Å². The van der Waals surface area contributed by atoms with Gasteiger partial charge in [-0.3, -0.25) is 4.98 Å². The number of nitrogens with zero attached hydrogens (tertiary/aromatic N) is 1. The number of hydrogen-bond acceptors (Lipinski definition) is 7. The van der Waals surface area contributed by atoms with Crippen LogP contribution in [-0.2, 0) is 11.2 Å². The summed E-state index contributed by atoms with van der Waals surface area (Å²) in [4.78, 5) is 16.7. The number of rotatable bonds is 8. The number of carbonyl (C=O) groups excluding carboxylic acids is 1. The highest BCUT2D eigenvalue weighted by atomic mass is 16.5. The summed E-state index contributed by atoms with van der Waals surface area (Å²) in [6.45, 7) is 1.94. The van der Waals surface area contributed by atoms with Gasteiger partial charge in [-0.15, -0.1) is 0 Å². The first-order chi connectivity index (χ1) is 15.5. The van der Waals surface area contributed by atoms with Gasteiger partial charge in [-0.25, -0.2) is 4.79 Å². The summed E-state index contributed by atoms with van der Waals surface area (Å²) >= 11 is 0. The topological polar surface area (TPSA) is 76.1 Å². The fraction of sp³-hybridized carbons (Fsp3) is 0.280. The average molecular weight is 437 g/mol. The van der Waals surface area contributed by atoms with Crippen molar-refractivity contribution in [2.45, 2.75) is 13.3 Å². The summed E-state index contributed by atoms with van der Waals surface area (Å²) in [5.74, 6) is 1.65. The van der Waals surface area contributed by atoms with E-state index in [1.807, 2.05) is 31.2 Å². The Balaban J connectivity index is 2.22. The first kappa shape index (κ1) is 22.9. The van der Waals surface area contributed by atoms with Crippen LogP contribution in [0.25, 0.3) is 11.1 Å². The van der Waals surface area contributed by atoms with Crippen molar-refractivity contribution in [3.05, 3.63) is 65.0 Å². The summed E-state index contributed by atoms with van der Waals surface area (Å²) in [5.41, 5.74) is 4.75. The largest absolute Gasteiger partial charge is 0.492 e. The van der Waals surface area contributed by atoms with Crippen LogP contribution in [0.3, 0.4) is 0 Å². The van der Waals surface area contributed by atoms with Gasteiger partial charge in [-0.1, -0.05) is 18.2 Å². The molecule has 0 radical (unpaired) electrons. The molecule has 0 saturated heterocycles. The number of hydrogen-bond donors (Lipinski definition) is 0. The number of pyridine rings is 1. The van der Waals surface area contributed by atoms with Gasteiger partial charge in [0.15, 0.2) is 11.5 Å². The molecular formula is C25H27NO6. The fourth-order valence-electron chi connectivity index (χ4n) is 3.89. The molecule has 3 aromatic rings. The monoisotopic (exact) mass is 437 g/mol. The minimum absolute atomic E-state index is 0.398. The van der Waals surface area contributed by atoms with Gasteiger partial charge in [0, 0.05) is 29.9 Å². The summed E-state index contributed by atoms with van der Waals surface area (Å²) < 4.78 is 27.5. The summed E-state index contributed by atoms with van der Waals surface area (Å²) in [7, 11) is 7.66. The van der Waals surface area contributed by atoms with Gasteiger partial charge in [0.1, 0.15) is 0 Å². The van der Waals surface area contributed by atoms with E-state index in [1.165, 1.54) is 7.11 Å². The second-order valence-electron chi connectivity index (χ2n) is 6.98. The van der Waals surface area contributed by atoms with Crippen LogP contribution >= 0.6 is 0 Å². The van der Waals surface area contributed by atoms with Crippen molar-refractivity contribution in [2.75, 3.05) is 35.5 Å². The van der Waals surface area contributed by atoms with Crippen molar-refractivity contribution < 1.29 is 28.5 Å². The second-order valence-corrected chi connectivity index (χ2v) is 6.98. The Hall–Kier alpha value is -3.74. The number of benzene rings is 2. The van der Waals surface area contributed by atoms with E-state index in [0.717, 1.165) is 27.8 Å². The Morgan fingerprint density at radius 1 is 0.812 bits per heavy atom. The van der Waals surface area contributed by atoms with Crippen LogP contribution < -0.4 is 18.9 Å². The number of esters is 1. The number of carbonyl (C=O) groups is 1. The predicted octanol–water partition coefficient (Wildman–Crippen LogP) is 4.47. The number of aromatic nitrogens is 1.